The van der Waals surface area contributed by atoms with Crippen molar-refractivity contribution >= 4 is 17.6 Å². The van der Waals surface area contributed by atoms with Crippen molar-refractivity contribution in [1.29, 1.82) is 0 Å². The van der Waals surface area contributed by atoms with Gasteiger partial charge in [-0.15, -0.1) is 0 Å². The number of rotatable bonds is 6. The van der Waals surface area contributed by atoms with E-state index in [9.17, 15) is 14.0 Å². The Kier molecular flexibility index (Phi) is 5.30. The number of esters is 1. The highest BCUT2D eigenvalue weighted by atomic mass is 19.1. The smallest absolute Gasteiger partial charge is 0.340 e. The first-order valence-electron chi connectivity index (χ1n) is 6.97. The molecule has 0 spiro atoms. The molecular formula is C17H16FNO4. The lowest BCUT2D eigenvalue weighted by molar-refractivity contribution is -0.137. The minimum atomic E-state index is -1.09. The van der Waals surface area contributed by atoms with Crippen LogP contribution in [0.25, 0.3) is 0 Å². The summed E-state index contributed by atoms with van der Waals surface area (Å²) in [7, 11) is 0. The number of aliphatic carboxylic acids is 1. The number of hydrogen-bond donors (Lipinski definition) is 2. The van der Waals surface area contributed by atoms with Gasteiger partial charge in [0.25, 0.3) is 0 Å². The van der Waals surface area contributed by atoms with Crippen LogP contribution in [0.5, 0.6) is 0 Å². The van der Waals surface area contributed by atoms with Crippen LogP contribution < -0.4 is 5.32 Å². The molecule has 2 N–H and O–H groups in total. The van der Waals surface area contributed by atoms with Gasteiger partial charge in [-0.05, 0) is 30.7 Å². The fourth-order valence-corrected chi connectivity index (χ4v) is 1.91. The molecule has 0 radical (unpaired) electrons. The second kappa shape index (κ2) is 7.40. The zero-order chi connectivity index (χ0) is 16.8. The van der Waals surface area contributed by atoms with Gasteiger partial charge in [-0.3, -0.25) is 4.79 Å². The Balaban J connectivity index is 2.14. The molecule has 0 heterocycles. The second-order valence-corrected chi connectivity index (χ2v) is 4.96. The van der Waals surface area contributed by atoms with Gasteiger partial charge >= 0.3 is 11.9 Å². The lowest BCUT2D eigenvalue weighted by atomic mass is 10.1. The van der Waals surface area contributed by atoms with E-state index in [1.165, 1.54) is 13.0 Å². The van der Waals surface area contributed by atoms with Gasteiger partial charge in [0.05, 0.1) is 5.56 Å². The molecule has 5 nitrogen and oxygen atoms in total. The van der Waals surface area contributed by atoms with E-state index >= 15 is 0 Å². The van der Waals surface area contributed by atoms with Crippen LogP contribution in [0, 0.1) is 5.82 Å². The number of carboxylic acids is 1. The summed E-state index contributed by atoms with van der Waals surface area (Å²) in [5.74, 6) is -2.42. The van der Waals surface area contributed by atoms with Gasteiger partial charge in [0.2, 0.25) is 0 Å². The Hall–Kier alpha value is -2.89. The third-order valence-electron chi connectivity index (χ3n) is 3.16. The van der Waals surface area contributed by atoms with Gasteiger partial charge in [-0.25, -0.2) is 9.18 Å². The number of halogens is 1. The molecule has 0 unspecified atom stereocenters. The quantitative estimate of drug-likeness (QED) is 0.801. The summed E-state index contributed by atoms with van der Waals surface area (Å²) in [6.45, 7) is 1.47. The van der Waals surface area contributed by atoms with Crippen LogP contribution in [0.3, 0.4) is 0 Å². The molecule has 0 bridgehead atoms. The third-order valence-corrected chi connectivity index (χ3v) is 3.16. The zero-order valence-electron chi connectivity index (χ0n) is 12.5. The molecule has 1 atom stereocenters. The summed E-state index contributed by atoms with van der Waals surface area (Å²) in [4.78, 5) is 23.1. The van der Waals surface area contributed by atoms with Crippen LogP contribution in [-0.2, 0) is 16.1 Å². The van der Waals surface area contributed by atoms with Crippen LogP contribution in [0.15, 0.2) is 48.5 Å². The molecule has 2 aromatic carbocycles. The maximum absolute atomic E-state index is 13.4. The van der Waals surface area contributed by atoms with Crippen molar-refractivity contribution in [1.82, 2.24) is 0 Å². The molecule has 23 heavy (non-hydrogen) atoms. The molecule has 0 aliphatic rings. The predicted molar refractivity (Wildman–Crippen MR) is 82.7 cm³/mol. The van der Waals surface area contributed by atoms with Crippen molar-refractivity contribution in [3.8, 4) is 0 Å². The monoisotopic (exact) mass is 317 g/mol. The molecule has 0 saturated heterocycles. The average molecular weight is 317 g/mol. The molecule has 0 aromatic heterocycles. The molecule has 0 aliphatic carbocycles. The van der Waals surface area contributed by atoms with Gasteiger partial charge < -0.3 is 15.2 Å². The van der Waals surface area contributed by atoms with E-state index in [1.54, 1.807) is 12.1 Å². The van der Waals surface area contributed by atoms with Gasteiger partial charge in [0.1, 0.15) is 18.5 Å². The zero-order valence-corrected chi connectivity index (χ0v) is 12.5. The summed E-state index contributed by atoms with van der Waals surface area (Å²) in [6, 6.07) is 11.6. The summed E-state index contributed by atoms with van der Waals surface area (Å²) >= 11 is 0. The fraction of sp³-hybridized carbons (Fsp3) is 0.176. The Morgan fingerprint density at radius 3 is 2.57 bits per heavy atom. The van der Waals surface area contributed by atoms with E-state index in [-0.39, 0.29) is 17.9 Å². The average Bonchev–Trinajstić information content (AvgIpc) is 2.55. The molecule has 2 rings (SSSR count). The van der Waals surface area contributed by atoms with Crippen molar-refractivity contribution in [2.24, 2.45) is 0 Å². The molecule has 6 heteroatoms. The van der Waals surface area contributed by atoms with E-state index in [0.717, 1.165) is 17.7 Å². The molecule has 0 saturated carbocycles. The van der Waals surface area contributed by atoms with Gasteiger partial charge in [0, 0.05) is 5.69 Å². The fourth-order valence-electron chi connectivity index (χ4n) is 1.91. The van der Waals surface area contributed by atoms with E-state index in [0.29, 0.717) is 0 Å². The highest BCUT2D eigenvalue weighted by Gasteiger charge is 2.18. The highest BCUT2D eigenvalue weighted by Crippen LogP contribution is 2.20. The van der Waals surface area contributed by atoms with Gasteiger partial charge in [0.15, 0.2) is 0 Å². The molecule has 0 aliphatic heterocycles. The topological polar surface area (TPSA) is 75.6 Å². The normalized spacial score (nSPS) is 11.6. The molecule has 120 valence electrons. The van der Waals surface area contributed by atoms with E-state index < -0.39 is 23.8 Å². The second-order valence-electron chi connectivity index (χ2n) is 4.96. The molecule has 0 amide bonds. The Morgan fingerprint density at radius 2 is 1.91 bits per heavy atom. The number of carboxylic acid groups (broad SMARTS) is 1. The van der Waals surface area contributed by atoms with Gasteiger partial charge in [-0.1, -0.05) is 30.3 Å². The van der Waals surface area contributed by atoms with Crippen molar-refractivity contribution in [2.75, 3.05) is 5.32 Å². The number of hydrogen-bond acceptors (Lipinski definition) is 4. The number of benzene rings is 2. The largest absolute Gasteiger partial charge is 0.480 e. The maximum Gasteiger partial charge on any atom is 0.340 e. The summed E-state index contributed by atoms with van der Waals surface area (Å²) in [6.07, 6.45) is 0. The summed E-state index contributed by atoms with van der Waals surface area (Å²) in [5.41, 5.74) is 0.957. The van der Waals surface area contributed by atoms with E-state index in [2.05, 4.69) is 5.32 Å². The van der Waals surface area contributed by atoms with Gasteiger partial charge in [-0.2, -0.15) is 0 Å². The number of nitrogens with one attached hydrogen (secondary N) is 1. The first-order chi connectivity index (χ1) is 11.0. The molecule has 2 aromatic rings. The van der Waals surface area contributed by atoms with Crippen LogP contribution in [0.2, 0.25) is 0 Å². The minimum absolute atomic E-state index is 0.0457. The van der Waals surface area contributed by atoms with Crippen molar-refractivity contribution in [3.63, 3.8) is 0 Å². The van der Waals surface area contributed by atoms with Crippen molar-refractivity contribution < 1.29 is 23.8 Å². The lowest BCUT2D eigenvalue weighted by Crippen LogP contribution is -2.26. The van der Waals surface area contributed by atoms with Crippen LogP contribution >= 0.6 is 0 Å². The predicted octanol–water partition coefficient (Wildman–Crippen LogP) is 3.07. The van der Waals surface area contributed by atoms with E-state index in [1.807, 2.05) is 18.2 Å². The van der Waals surface area contributed by atoms with Crippen molar-refractivity contribution in [2.45, 2.75) is 19.6 Å². The standard InChI is InChI=1S/C17H16FNO4/c1-11(16(20)21)19-15-8-7-13(18)9-14(15)17(22)23-10-12-5-3-2-4-6-12/h2-9,11,19H,10H2,1H3,(H,20,21)/t11-/m0/s1. The Bertz CT molecular complexity index is 703. The maximum atomic E-state index is 13.4. The Morgan fingerprint density at radius 1 is 1.22 bits per heavy atom. The van der Waals surface area contributed by atoms with Crippen LogP contribution in [0.4, 0.5) is 10.1 Å². The van der Waals surface area contributed by atoms with Crippen LogP contribution in [-0.4, -0.2) is 23.1 Å². The minimum Gasteiger partial charge on any atom is -0.480 e. The third kappa shape index (κ3) is 4.54. The summed E-state index contributed by atoms with van der Waals surface area (Å²) in [5, 5.41) is 11.6. The Labute approximate surface area is 132 Å². The lowest BCUT2D eigenvalue weighted by Gasteiger charge is -2.14. The first kappa shape index (κ1) is 16.5. The first-order valence-corrected chi connectivity index (χ1v) is 6.97. The number of ether oxygens (including phenoxy) is 1. The molecule has 0 fully saturated rings. The van der Waals surface area contributed by atoms with Crippen molar-refractivity contribution in [3.05, 3.63) is 65.5 Å². The van der Waals surface area contributed by atoms with E-state index in [4.69, 9.17) is 9.84 Å². The highest BCUT2D eigenvalue weighted by molar-refractivity contribution is 5.96. The molecular weight excluding hydrogens is 301 g/mol. The summed E-state index contributed by atoms with van der Waals surface area (Å²) < 4.78 is 18.6. The van der Waals surface area contributed by atoms with Crippen LogP contribution in [0.1, 0.15) is 22.8 Å². The number of carbonyl (C=O) groups excluding carboxylic acids is 1. The number of carbonyl (C=O) groups is 2. The SMILES string of the molecule is C[C@H](Nc1ccc(F)cc1C(=O)OCc1ccccc1)C(=O)O. The number of anilines is 1.